The largest absolute Gasteiger partial charge is 0.494 e. The normalized spacial score (nSPS) is 17.3. The van der Waals surface area contributed by atoms with Gasteiger partial charge in [0.1, 0.15) is 11.6 Å². The van der Waals surface area contributed by atoms with Gasteiger partial charge in [0.15, 0.2) is 5.96 Å². The fraction of sp³-hybridized carbons (Fsp3) is 0.588. The van der Waals surface area contributed by atoms with Crippen LogP contribution in [-0.4, -0.2) is 57.9 Å². The lowest BCUT2D eigenvalue weighted by molar-refractivity contribution is 0.181. The van der Waals surface area contributed by atoms with Crippen LogP contribution in [0.25, 0.3) is 0 Å². The average molecular weight is 451 g/mol. The van der Waals surface area contributed by atoms with E-state index >= 15 is 0 Å². The molecule has 0 saturated carbocycles. The Kier molecular flexibility index (Phi) is 10.0. The minimum absolute atomic E-state index is 0. The SMILES string of the molecule is CN=C(NCCCOc1ccc(F)cc1)N(C)CC1CCOC1.I. The van der Waals surface area contributed by atoms with E-state index in [2.05, 4.69) is 15.2 Å². The molecule has 1 saturated heterocycles. The molecule has 1 N–H and O–H groups in total. The molecule has 0 amide bonds. The molecule has 1 aliphatic heterocycles. The van der Waals surface area contributed by atoms with E-state index in [1.165, 1.54) is 12.1 Å². The molecule has 1 heterocycles. The van der Waals surface area contributed by atoms with Crippen LogP contribution < -0.4 is 10.1 Å². The lowest BCUT2D eigenvalue weighted by atomic mass is 10.1. The summed E-state index contributed by atoms with van der Waals surface area (Å²) in [4.78, 5) is 6.44. The van der Waals surface area contributed by atoms with Crippen LogP contribution in [0.3, 0.4) is 0 Å². The van der Waals surface area contributed by atoms with Gasteiger partial charge in [0, 0.05) is 39.7 Å². The van der Waals surface area contributed by atoms with E-state index in [1.807, 2.05) is 7.05 Å². The third-order valence-corrected chi connectivity index (χ3v) is 3.82. The average Bonchev–Trinajstić information content (AvgIpc) is 3.05. The maximum Gasteiger partial charge on any atom is 0.193 e. The highest BCUT2D eigenvalue weighted by Crippen LogP contribution is 2.13. The number of ether oxygens (including phenoxy) is 2. The zero-order valence-electron chi connectivity index (χ0n) is 14.3. The molecule has 0 spiro atoms. The summed E-state index contributed by atoms with van der Waals surface area (Å²) in [6.07, 6.45) is 1.96. The molecule has 5 nitrogen and oxygen atoms in total. The molecule has 136 valence electrons. The smallest absolute Gasteiger partial charge is 0.193 e. The van der Waals surface area contributed by atoms with Gasteiger partial charge >= 0.3 is 0 Å². The first-order chi connectivity index (χ1) is 11.2. The van der Waals surface area contributed by atoms with Gasteiger partial charge < -0.3 is 19.7 Å². The summed E-state index contributed by atoms with van der Waals surface area (Å²) in [5, 5.41) is 3.33. The Hall–Kier alpha value is -1.09. The summed E-state index contributed by atoms with van der Waals surface area (Å²) in [5.74, 6) is 1.91. The molecule has 24 heavy (non-hydrogen) atoms. The lowest BCUT2D eigenvalue weighted by Crippen LogP contribution is -2.42. The summed E-state index contributed by atoms with van der Waals surface area (Å²) in [5.41, 5.74) is 0. The van der Waals surface area contributed by atoms with Gasteiger partial charge in [-0.2, -0.15) is 0 Å². The van der Waals surface area contributed by atoms with E-state index in [9.17, 15) is 4.39 Å². The molecule has 1 atom stereocenters. The maximum atomic E-state index is 12.8. The molecule has 2 rings (SSSR count). The Bertz CT molecular complexity index is 493. The van der Waals surface area contributed by atoms with Gasteiger partial charge in [-0.15, -0.1) is 24.0 Å². The van der Waals surface area contributed by atoms with E-state index < -0.39 is 0 Å². The Morgan fingerprint density at radius 3 is 2.79 bits per heavy atom. The second-order valence-electron chi connectivity index (χ2n) is 5.74. The van der Waals surface area contributed by atoms with Crippen LogP contribution in [0.2, 0.25) is 0 Å². The lowest BCUT2D eigenvalue weighted by Gasteiger charge is -2.24. The molecule has 0 aliphatic carbocycles. The van der Waals surface area contributed by atoms with Gasteiger partial charge in [-0.3, -0.25) is 4.99 Å². The van der Waals surface area contributed by atoms with Crippen molar-refractivity contribution in [3.63, 3.8) is 0 Å². The van der Waals surface area contributed by atoms with Crippen molar-refractivity contribution in [1.29, 1.82) is 0 Å². The molecule has 1 unspecified atom stereocenters. The van der Waals surface area contributed by atoms with E-state index in [-0.39, 0.29) is 29.8 Å². The van der Waals surface area contributed by atoms with Crippen molar-refractivity contribution in [2.75, 3.05) is 47.0 Å². The predicted octanol–water partition coefficient (Wildman–Crippen LogP) is 2.76. The van der Waals surface area contributed by atoms with Crippen molar-refractivity contribution in [3.8, 4) is 5.75 Å². The Labute approximate surface area is 160 Å². The van der Waals surface area contributed by atoms with Crippen molar-refractivity contribution in [1.82, 2.24) is 10.2 Å². The number of guanidine groups is 1. The summed E-state index contributed by atoms with van der Waals surface area (Å²) >= 11 is 0. The number of benzene rings is 1. The van der Waals surface area contributed by atoms with Crippen LogP contribution in [-0.2, 0) is 4.74 Å². The van der Waals surface area contributed by atoms with Crippen LogP contribution in [0.5, 0.6) is 5.75 Å². The number of hydrogen-bond acceptors (Lipinski definition) is 3. The third kappa shape index (κ3) is 7.21. The summed E-state index contributed by atoms with van der Waals surface area (Å²) in [7, 11) is 3.83. The minimum Gasteiger partial charge on any atom is -0.494 e. The fourth-order valence-electron chi connectivity index (χ4n) is 2.58. The number of hydrogen-bond donors (Lipinski definition) is 1. The standard InChI is InChI=1S/C17H26FN3O2.HI/c1-19-17(21(2)12-14-8-11-22-13-14)20-9-3-10-23-16-6-4-15(18)5-7-16;/h4-7,14H,3,8-13H2,1-2H3,(H,19,20);1H. The second kappa shape index (κ2) is 11.5. The minimum atomic E-state index is -0.251. The molecule has 1 aromatic rings. The molecule has 0 radical (unpaired) electrons. The Morgan fingerprint density at radius 1 is 1.42 bits per heavy atom. The summed E-state index contributed by atoms with van der Waals surface area (Å²) < 4.78 is 23.8. The van der Waals surface area contributed by atoms with Crippen LogP contribution in [0, 0.1) is 11.7 Å². The fourth-order valence-corrected chi connectivity index (χ4v) is 2.58. The number of rotatable bonds is 7. The molecule has 0 bridgehead atoms. The Morgan fingerprint density at radius 2 is 2.17 bits per heavy atom. The first-order valence-electron chi connectivity index (χ1n) is 8.07. The van der Waals surface area contributed by atoms with Crippen LogP contribution in [0.4, 0.5) is 4.39 Å². The van der Waals surface area contributed by atoms with Crippen molar-refractivity contribution in [3.05, 3.63) is 30.1 Å². The molecule has 1 fully saturated rings. The summed E-state index contributed by atoms with van der Waals surface area (Å²) in [6.45, 7) is 4.01. The molecular weight excluding hydrogens is 424 g/mol. The number of halogens is 2. The first-order valence-corrected chi connectivity index (χ1v) is 8.07. The van der Waals surface area contributed by atoms with Gasteiger partial charge in [0.2, 0.25) is 0 Å². The van der Waals surface area contributed by atoms with Gasteiger partial charge in [-0.25, -0.2) is 4.39 Å². The van der Waals surface area contributed by atoms with Crippen LogP contribution in [0.1, 0.15) is 12.8 Å². The number of aliphatic imine (C=N–C) groups is 1. The molecule has 1 aromatic carbocycles. The van der Waals surface area contributed by atoms with Crippen molar-refractivity contribution in [2.45, 2.75) is 12.8 Å². The van der Waals surface area contributed by atoms with E-state index in [1.54, 1.807) is 19.2 Å². The van der Waals surface area contributed by atoms with Crippen LogP contribution >= 0.6 is 24.0 Å². The quantitative estimate of drug-likeness (QED) is 0.300. The highest BCUT2D eigenvalue weighted by Gasteiger charge is 2.18. The van der Waals surface area contributed by atoms with Gasteiger partial charge in [-0.1, -0.05) is 0 Å². The second-order valence-corrected chi connectivity index (χ2v) is 5.74. The topological polar surface area (TPSA) is 46.1 Å². The zero-order chi connectivity index (χ0) is 16.5. The van der Waals surface area contributed by atoms with E-state index in [4.69, 9.17) is 9.47 Å². The monoisotopic (exact) mass is 451 g/mol. The van der Waals surface area contributed by atoms with E-state index in [0.29, 0.717) is 18.3 Å². The Balaban J connectivity index is 0.00000288. The van der Waals surface area contributed by atoms with Gasteiger partial charge in [0.05, 0.1) is 13.2 Å². The number of nitrogens with one attached hydrogen (secondary N) is 1. The molecule has 7 heteroatoms. The van der Waals surface area contributed by atoms with Crippen molar-refractivity contribution in [2.24, 2.45) is 10.9 Å². The maximum absolute atomic E-state index is 12.8. The van der Waals surface area contributed by atoms with Gasteiger partial charge in [-0.05, 0) is 37.1 Å². The third-order valence-electron chi connectivity index (χ3n) is 3.82. The van der Waals surface area contributed by atoms with Crippen molar-refractivity contribution >= 4 is 29.9 Å². The zero-order valence-corrected chi connectivity index (χ0v) is 16.7. The molecular formula is C17H27FIN3O2. The highest BCUT2D eigenvalue weighted by molar-refractivity contribution is 14.0. The number of nitrogens with zero attached hydrogens (tertiary/aromatic N) is 2. The van der Waals surface area contributed by atoms with Gasteiger partial charge in [0.25, 0.3) is 0 Å². The predicted molar refractivity (Wildman–Crippen MR) is 105 cm³/mol. The summed E-state index contributed by atoms with van der Waals surface area (Å²) in [6, 6.07) is 6.08. The first kappa shape index (κ1) is 21.0. The van der Waals surface area contributed by atoms with Crippen LogP contribution in [0.15, 0.2) is 29.3 Å². The molecule has 0 aromatic heterocycles. The van der Waals surface area contributed by atoms with E-state index in [0.717, 1.165) is 45.1 Å². The molecule has 1 aliphatic rings. The highest BCUT2D eigenvalue weighted by atomic mass is 127. The van der Waals surface area contributed by atoms with Crippen molar-refractivity contribution < 1.29 is 13.9 Å².